The minimum atomic E-state index is 0. The van der Waals surface area contributed by atoms with E-state index >= 15 is 0 Å². The van der Waals surface area contributed by atoms with Crippen molar-refractivity contribution in [1.82, 2.24) is 20.0 Å². The summed E-state index contributed by atoms with van der Waals surface area (Å²) in [5, 5.41) is 9.71. The number of fused-ring (bicyclic) bond motifs is 1. The second-order valence-corrected chi connectivity index (χ2v) is 7.27. The summed E-state index contributed by atoms with van der Waals surface area (Å²) in [6.07, 6.45) is 10.0. The van der Waals surface area contributed by atoms with Gasteiger partial charge in [-0.15, -0.1) is 35.3 Å². The van der Waals surface area contributed by atoms with Gasteiger partial charge in [0.05, 0.1) is 12.2 Å². The van der Waals surface area contributed by atoms with Gasteiger partial charge < -0.3 is 10.6 Å². The van der Waals surface area contributed by atoms with Crippen LogP contribution in [0.2, 0.25) is 0 Å². The van der Waals surface area contributed by atoms with E-state index < -0.39 is 0 Å². The number of hydrogen-bond donors (Lipinski definition) is 2. The van der Waals surface area contributed by atoms with E-state index in [2.05, 4.69) is 37.5 Å². The van der Waals surface area contributed by atoms with E-state index in [4.69, 9.17) is 0 Å². The Bertz CT molecular complexity index is 595. The van der Waals surface area contributed by atoms with Crippen LogP contribution in [0.5, 0.6) is 0 Å². The molecule has 22 heavy (non-hydrogen) atoms. The molecule has 0 amide bonds. The van der Waals surface area contributed by atoms with E-state index in [1.165, 1.54) is 19.3 Å². The zero-order chi connectivity index (χ0) is 14.7. The average Bonchev–Trinajstić information content (AvgIpc) is 3.18. The van der Waals surface area contributed by atoms with Crippen LogP contribution in [0.15, 0.2) is 22.8 Å². The molecule has 1 fully saturated rings. The minimum Gasteiger partial charge on any atom is -0.354 e. The molecular weight excluding hydrogens is 429 g/mol. The second-order valence-electron chi connectivity index (χ2n) is 5.26. The predicted molar refractivity (Wildman–Crippen MR) is 107 cm³/mol. The Balaban J connectivity index is 0.00000176. The third-order valence-electron chi connectivity index (χ3n) is 3.86. The number of thioether (sulfide) groups is 1. The highest BCUT2D eigenvalue weighted by Crippen LogP contribution is 2.27. The van der Waals surface area contributed by atoms with Gasteiger partial charge in [-0.25, -0.2) is 4.98 Å². The highest BCUT2D eigenvalue weighted by atomic mass is 127. The molecule has 0 saturated heterocycles. The molecule has 8 heteroatoms. The molecule has 0 aliphatic heterocycles. The van der Waals surface area contributed by atoms with Crippen molar-refractivity contribution in [3.05, 3.63) is 23.5 Å². The molecule has 1 aliphatic rings. The first-order valence-corrected chi connectivity index (χ1v) is 9.36. The van der Waals surface area contributed by atoms with Crippen LogP contribution in [0.3, 0.4) is 0 Å². The number of aromatic nitrogens is 2. The van der Waals surface area contributed by atoms with E-state index in [1.54, 1.807) is 11.3 Å². The van der Waals surface area contributed by atoms with Gasteiger partial charge in [-0.3, -0.25) is 9.39 Å². The van der Waals surface area contributed by atoms with Crippen molar-refractivity contribution in [1.29, 1.82) is 0 Å². The summed E-state index contributed by atoms with van der Waals surface area (Å²) in [5.74, 6) is 0.873. The zero-order valence-corrected chi connectivity index (χ0v) is 16.7. The largest absolute Gasteiger partial charge is 0.354 e. The van der Waals surface area contributed by atoms with Crippen LogP contribution in [0.4, 0.5) is 0 Å². The summed E-state index contributed by atoms with van der Waals surface area (Å²) >= 11 is 3.63. The van der Waals surface area contributed by atoms with Crippen LogP contribution in [0.1, 0.15) is 25.0 Å². The van der Waals surface area contributed by atoms with E-state index in [0.29, 0.717) is 12.6 Å². The van der Waals surface area contributed by atoms with E-state index in [-0.39, 0.29) is 24.0 Å². The fraction of sp³-hybridized carbons (Fsp3) is 0.571. The third-order valence-corrected chi connectivity index (χ3v) is 5.73. The molecule has 0 bridgehead atoms. The first-order valence-electron chi connectivity index (χ1n) is 7.19. The molecule has 2 aromatic rings. The molecule has 2 heterocycles. The Kier molecular flexibility index (Phi) is 6.82. The van der Waals surface area contributed by atoms with Crippen molar-refractivity contribution < 1.29 is 0 Å². The highest BCUT2D eigenvalue weighted by molar-refractivity contribution is 14.0. The smallest absolute Gasteiger partial charge is 0.193 e. The van der Waals surface area contributed by atoms with Crippen molar-refractivity contribution in [2.45, 2.75) is 37.1 Å². The molecule has 2 aromatic heterocycles. The van der Waals surface area contributed by atoms with E-state index in [0.717, 1.165) is 21.9 Å². The van der Waals surface area contributed by atoms with Crippen molar-refractivity contribution in [3.8, 4) is 0 Å². The number of aliphatic imine (C=N–C) groups is 1. The fourth-order valence-electron chi connectivity index (χ4n) is 2.71. The number of nitrogens with zero attached hydrogens (tertiary/aromatic N) is 3. The quantitative estimate of drug-likeness (QED) is 0.427. The molecule has 2 N–H and O–H groups in total. The Labute approximate surface area is 156 Å². The first-order chi connectivity index (χ1) is 10.3. The number of thiazole rings is 1. The SMILES string of the molecule is CN=C(NCc1cn2ccsc2n1)NC1CCC(SC)C1.I. The number of rotatable bonds is 4. The lowest BCUT2D eigenvalue weighted by Gasteiger charge is -2.16. The number of imidazole rings is 1. The van der Waals surface area contributed by atoms with Crippen LogP contribution in [-0.4, -0.2) is 39.9 Å². The number of nitrogens with one attached hydrogen (secondary N) is 2. The van der Waals surface area contributed by atoms with Gasteiger partial charge >= 0.3 is 0 Å². The predicted octanol–water partition coefficient (Wildman–Crippen LogP) is 2.96. The highest BCUT2D eigenvalue weighted by Gasteiger charge is 2.24. The average molecular weight is 451 g/mol. The monoisotopic (exact) mass is 451 g/mol. The summed E-state index contributed by atoms with van der Waals surface area (Å²) in [4.78, 5) is 9.92. The van der Waals surface area contributed by atoms with E-state index in [9.17, 15) is 0 Å². The van der Waals surface area contributed by atoms with Gasteiger partial charge in [-0.1, -0.05) is 0 Å². The maximum absolute atomic E-state index is 4.57. The van der Waals surface area contributed by atoms with Gasteiger partial charge in [-0.2, -0.15) is 11.8 Å². The molecule has 122 valence electrons. The minimum absolute atomic E-state index is 0. The Morgan fingerprint density at radius 3 is 3.09 bits per heavy atom. The summed E-state index contributed by atoms with van der Waals surface area (Å²) in [6.45, 7) is 0.701. The zero-order valence-electron chi connectivity index (χ0n) is 12.8. The van der Waals surface area contributed by atoms with Crippen molar-refractivity contribution >= 4 is 58.0 Å². The third kappa shape index (κ3) is 4.29. The molecule has 0 radical (unpaired) electrons. The summed E-state index contributed by atoms with van der Waals surface area (Å²) in [7, 11) is 1.82. The Hall–Kier alpha value is -0.480. The molecule has 0 spiro atoms. The molecule has 1 saturated carbocycles. The molecular formula is C14H22IN5S2. The summed E-state index contributed by atoms with van der Waals surface area (Å²) in [6, 6.07) is 0.541. The van der Waals surface area contributed by atoms with Crippen LogP contribution < -0.4 is 10.6 Å². The van der Waals surface area contributed by atoms with E-state index in [1.807, 2.05) is 30.4 Å². The molecule has 5 nitrogen and oxygen atoms in total. The van der Waals surface area contributed by atoms with Crippen molar-refractivity contribution in [2.24, 2.45) is 4.99 Å². The molecule has 1 aliphatic carbocycles. The van der Waals surface area contributed by atoms with Gasteiger partial charge in [0.2, 0.25) is 0 Å². The Morgan fingerprint density at radius 2 is 2.41 bits per heavy atom. The normalized spacial score (nSPS) is 21.8. The topological polar surface area (TPSA) is 53.7 Å². The number of hydrogen-bond acceptors (Lipinski definition) is 4. The molecule has 2 unspecified atom stereocenters. The maximum Gasteiger partial charge on any atom is 0.193 e. The van der Waals surface area contributed by atoms with Gasteiger partial charge in [0.25, 0.3) is 0 Å². The number of halogens is 1. The fourth-order valence-corrected chi connectivity index (χ4v) is 4.22. The lowest BCUT2D eigenvalue weighted by molar-refractivity contribution is 0.614. The van der Waals surface area contributed by atoms with Crippen LogP contribution in [0.25, 0.3) is 4.96 Å². The van der Waals surface area contributed by atoms with Crippen LogP contribution in [-0.2, 0) is 6.54 Å². The van der Waals surface area contributed by atoms with Gasteiger partial charge in [0.15, 0.2) is 10.9 Å². The lowest BCUT2D eigenvalue weighted by Crippen LogP contribution is -2.42. The summed E-state index contributed by atoms with van der Waals surface area (Å²) < 4.78 is 2.05. The maximum atomic E-state index is 4.57. The standard InChI is InChI=1S/C14H21N5S2.HI/c1-15-13(17-10-3-4-12(7-10)20-2)16-8-11-9-19-5-6-21-14(19)18-11;/h5-6,9-10,12H,3-4,7-8H2,1-2H3,(H2,15,16,17);1H. The van der Waals surface area contributed by atoms with Gasteiger partial charge in [0, 0.05) is 36.1 Å². The Morgan fingerprint density at radius 1 is 1.55 bits per heavy atom. The van der Waals surface area contributed by atoms with Gasteiger partial charge in [-0.05, 0) is 25.5 Å². The number of guanidine groups is 1. The molecule has 0 aromatic carbocycles. The second kappa shape index (κ2) is 8.39. The van der Waals surface area contributed by atoms with Crippen molar-refractivity contribution in [2.75, 3.05) is 13.3 Å². The molecule has 2 atom stereocenters. The van der Waals surface area contributed by atoms with Crippen LogP contribution >= 0.6 is 47.1 Å². The van der Waals surface area contributed by atoms with Crippen molar-refractivity contribution in [3.63, 3.8) is 0 Å². The molecule has 3 rings (SSSR count). The van der Waals surface area contributed by atoms with Gasteiger partial charge in [0.1, 0.15) is 0 Å². The van der Waals surface area contributed by atoms with Crippen LogP contribution in [0, 0.1) is 0 Å². The lowest BCUT2D eigenvalue weighted by atomic mass is 10.2. The summed E-state index contributed by atoms with van der Waals surface area (Å²) in [5.41, 5.74) is 1.04. The first kappa shape index (κ1) is 17.9.